The molecular weight excluding hydrogens is 505 g/mol. The number of pyridine rings is 1. The van der Waals surface area contributed by atoms with Gasteiger partial charge in [-0.3, -0.25) is 4.40 Å². The number of thiazole rings is 1. The Morgan fingerprint density at radius 2 is 1.87 bits per heavy atom. The van der Waals surface area contributed by atoms with Crippen LogP contribution in [0.4, 0.5) is 4.39 Å². The maximum Gasteiger partial charge on any atom is 0.194 e. The molecule has 0 saturated heterocycles. The summed E-state index contributed by atoms with van der Waals surface area (Å²) in [7, 11) is 0. The molecule has 194 valence electrons. The standard InChI is InChI=1S/C33H28FN3OS/c1-22-18-33(19-22,24-5-3-2-4-6-24)29-17-27(12-13-28(29)31-20-37-15-16-39-32(37)36-31)38-21-26-11-8-23-7-9-25(34)10-14-30(23)35-26/h2-17,20,22,25H,18-19,21H2,1H3. The highest BCUT2D eigenvalue weighted by Crippen LogP contribution is 2.55. The third kappa shape index (κ3) is 4.39. The lowest BCUT2D eigenvalue weighted by molar-refractivity contribution is 0.200. The number of nitrogens with zero attached hydrogens (tertiary/aromatic N) is 3. The number of rotatable bonds is 6. The van der Waals surface area contributed by atoms with Crippen LogP contribution in [0.5, 0.6) is 5.75 Å². The Morgan fingerprint density at radius 3 is 2.69 bits per heavy atom. The van der Waals surface area contributed by atoms with Crippen LogP contribution < -0.4 is 4.74 Å². The van der Waals surface area contributed by atoms with Gasteiger partial charge in [-0.15, -0.1) is 11.3 Å². The summed E-state index contributed by atoms with van der Waals surface area (Å²) < 4.78 is 22.2. The molecule has 0 bridgehead atoms. The molecule has 0 aliphatic heterocycles. The molecule has 0 N–H and O–H groups in total. The van der Waals surface area contributed by atoms with Crippen molar-refractivity contribution in [2.45, 2.75) is 38.0 Å². The SMILES string of the molecule is CC1CC(c2ccccc2)(c2cc(OCc3ccc4c(n3)C=CC(F)C=C4)ccc2-c2cn3ccsc3n2)C1. The van der Waals surface area contributed by atoms with Gasteiger partial charge in [0.1, 0.15) is 18.5 Å². The average Bonchev–Trinajstić information content (AvgIpc) is 3.50. The summed E-state index contributed by atoms with van der Waals surface area (Å²) >= 11 is 1.64. The predicted octanol–water partition coefficient (Wildman–Crippen LogP) is 8.13. The molecule has 0 radical (unpaired) electrons. The van der Waals surface area contributed by atoms with E-state index in [1.54, 1.807) is 23.5 Å². The minimum absolute atomic E-state index is 0.0885. The zero-order chi connectivity index (χ0) is 26.4. The van der Waals surface area contributed by atoms with Gasteiger partial charge < -0.3 is 4.74 Å². The molecule has 0 amide bonds. The van der Waals surface area contributed by atoms with Crippen LogP contribution in [0.1, 0.15) is 47.8 Å². The van der Waals surface area contributed by atoms with Gasteiger partial charge in [-0.1, -0.05) is 49.4 Å². The molecule has 3 heterocycles. The van der Waals surface area contributed by atoms with E-state index in [1.807, 2.05) is 18.2 Å². The summed E-state index contributed by atoms with van der Waals surface area (Å²) in [6.45, 7) is 2.66. The largest absolute Gasteiger partial charge is 0.487 e. The number of benzene rings is 2. The Bertz CT molecular complexity index is 1680. The molecule has 2 aliphatic carbocycles. The number of imidazole rings is 1. The van der Waals surface area contributed by atoms with Crippen molar-refractivity contribution < 1.29 is 9.13 Å². The zero-order valence-corrected chi connectivity index (χ0v) is 22.4. The highest BCUT2D eigenvalue weighted by atomic mass is 32.1. The first kappa shape index (κ1) is 24.0. The van der Waals surface area contributed by atoms with E-state index in [4.69, 9.17) is 14.7 Å². The summed E-state index contributed by atoms with van der Waals surface area (Å²) in [4.78, 5) is 10.7. The van der Waals surface area contributed by atoms with Gasteiger partial charge in [-0.2, -0.15) is 0 Å². The summed E-state index contributed by atoms with van der Waals surface area (Å²) in [5.41, 5.74) is 7.11. The second-order valence-electron chi connectivity index (χ2n) is 10.6. The highest BCUT2D eigenvalue weighted by Gasteiger charge is 2.46. The van der Waals surface area contributed by atoms with Crippen molar-refractivity contribution in [3.63, 3.8) is 0 Å². The number of fused-ring (bicyclic) bond motifs is 2. The number of halogens is 1. The Morgan fingerprint density at radius 1 is 1.03 bits per heavy atom. The number of alkyl halides is 1. The van der Waals surface area contributed by atoms with Gasteiger partial charge in [0.25, 0.3) is 0 Å². The zero-order valence-electron chi connectivity index (χ0n) is 21.6. The average molecular weight is 534 g/mol. The van der Waals surface area contributed by atoms with Gasteiger partial charge in [0.05, 0.1) is 17.1 Å². The number of hydrogen-bond donors (Lipinski definition) is 0. The van der Waals surface area contributed by atoms with Gasteiger partial charge in [0.2, 0.25) is 0 Å². The second-order valence-corrected chi connectivity index (χ2v) is 11.5. The van der Waals surface area contributed by atoms with Crippen molar-refractivity contribution in [1.29, 1.82) is 0 Å². The minimum Gasteiger partial charge on any atom is -0.487 e. The first-order valence-electron chi connectivity index (χ1n) is 13.3. The summed E-state index contributed by atoms with van der Waals surface area (Å²) in [6.07, 6.45) is 11.8. The molecule has 5 aromatic rings. The highest BCUT2D eigenvalue weighted by molar-refractivity contribution is 7.15. The van der Waals surface area contributed by atoms with Gasteiger partial charge >= 0.3 is 0 Å². The van der Waals surface area contributed by atoms with Crippen molar-refractivity contribution in [1.82, 2.24) is 14.4 Å². The van der Waals surface area contributed by atoms with E-state index in [2.05, 4.69) is 71.6 Å². The van der Waals surface area contributed by atoms with E-state index in [0.717, 1.165) is 51.8 Å². The second kappa shape index (κ2) is 9.62. The molecule has 0 spiro atoms. The Hall–Kier alpha value is -4.03. The van der Waals surface area contributed by atoms with Crippen LogP contribution >= 0.6 is 11.3 Å². The van der Waals surface area contributed by atoms with Crippen molar-refractivity contribution >= 4 is 28.4 Å². The van der Waals surface area contributed by atoms with E-state index in [1.165, 1.54) is 23.3 Å². The molecule has 4 nitrogen and oxygen atoms in total. The smallest absolute Gasteiger partial charge is 0.194 e. The van der Waals surface area contributed by atoms with Crippen molar-refractivity contribution in [3.8, 4) is 17.0 Å². The molecule has 2 aromatic carbocycles. The number of aromatic nitrogens is 3. The predicted molar refractivity (Wildman–Crippen MR) is 156 cm³/mol. The lowest BCUT2D eigenvalue weighted by atomic mass is 9.55. The van der Waals surface area contributed by atoms with Crippen LogP contribution in [0.15, 0.2) is 90.6 Å². The van der Waals surface area contributed by atoms with Gasteiger partial charge in [-0.25, -0.2) is 14.4 Å². The van der Waals surface area contributed by atoms with Crippen LogP contribution in [-0.4, -0.2) is 20.5 Å². The van der Waals surface area contributed by atoms with E-state index in [0.29, 0.717) is 12.5 Å². The van der Waals surface area contributed by atoms with E-state index >= 15 is 0 Å². The lowest BCUT2D eigenvalue weighted by Gasteiger charge is -2.48. The Balaban J connectivity index is 1.26. The fraction of sp³-hybridized carbons (Fsp3) is 0.212. The Labute approximate surface area is 231 Å². The molecule has 1 saturated carbocycles. The third-order valence-corrected chi connectivity index (χ3v) is 8.67. The normalized spacial score (nSPS) is 21.9. The molecule has 39 heavy (non-hydrogen) atoms. The number of ether oxygens (including phenoxy) is 1. The molecule has 1 unspecified atom stereocenters. The molecule has 3 aromatic heterocycles. The topological polar surface area (TPSA) is 39.4 Å². The van der Waals surface area contributed by atoms with Crippen LogP contribution in [0.3, 0.4) is 0 Å². The van der Waals surface area contributed by atoms with E-state index in [-0.39, 0.29) is 5.41 Å². The van der Waals surface area contributed by atoms with Crippen molar-refractivity contribution in [2.24, 2.45) is 5.92 Å². The molecule has 1 fully saturated rings. The summed E-state index contributed by atoms with van der Waals surface area (Å²) in [5.74, 6) is 1.45. The van der Waals surface area contributed by atoms with Crippen molar-refractivity contribution in [2.75, 3.05) is 0 Å². The third-order valence-electron chi connectivity index (χ3n) is 7.90. The quantitative estimate of drug-likeness (QED) is 0.221. The van der Waals surface area contributed by atoms with Gasteiger partial charge in [0, 0.05) is 28.8 Å². The molecule has 6 heteroatoms. The van der Waals surface area contributed by atoms with Gasteiger partial charge in [0.15, 0.2) is 4.96 Å². The van der Waals surface area contributed by atoms with Crippen LogP contribution in [0.2, 0.25) is 0 Å². The fourth-order valence-corrected chi connectivity index (χ4v) is 6.77. The first-order chi connectivity index (χ1) is 19.1. The number of allylic oxidation sites excluding steroid dienone is 2. The van der Waals surface area contributed by atoms with Crippen LogP contribution in [0, 0.1) is 5.92 Å². The summed E-state index contributed by atoms with van der Waals surface area (Å²) in [6, 6.07) is 21.2. The Kier molecular flexibility index (Phi) is 5.93. The monoisotopic (exact) mass is 533 g/mol. The fourth-order valence-electron chi connectivity index (χ4n) is 6.07. The van der Waals surface area contributed by atoms with Crippen LogP contribution in [0.25, 0.3) is 28.4 Å². The van der Waals surface area contributed by atoms with Gasteiger partial charge in [-0.05, 0) is 77.9 Å². The maximum atomic E-state index is 13.8. The minimum atomic E-state index is -1.09. The van der Waals surface area contributed by atoms with Crippen LogP contribution in [-0.2, 0) is 12.0 Å². The molecular formula is C33H28FN3OS. The van der Waals surface area contributed by atoms with E-state index in [9.17, 15) is 4.39 Å². The maximum absolute atomic E-state index is 13.8. The lowest BCUT2D eigenvalue weighted by Crippen LogP contribution is -2.41. The molecule has 7 rings (SSSR count). The number of hydrogen-bond acceptors (Lipinski definition) is 4. The summed E-state index contributed by atoms with van der Waals surface area (Å²) in [5, 5.41) is 2.06. The van der Waals surface area contributed by atoms with Crippen molar-refractivity contribution in [3.05, 3.63) is 119 Å². The molecule has 1 atom stereocenters. The molecule has 2 aliphatic rings. The first-order valence-corrected chi connectivity index (χ1v) is 14.2. The van der Waals surface area contributed by atoms with E-state index < -0.39 is 6.17 Å².